The van der Waals surface area contributed by atoms with Crippen molar-refractivity contribution in [3.05, 3.63) is 25.6 Å². The Hall–Kier alpha value is -0.690. The summed E-state index contributed by atoms with van der Waals surface area (Å²) in [5.74, 6) is 1.75. The standard InChI is InChI=1S/C12H14IN3S/c1-4-14-12-10(13)8(3)15-11(16-12)9-6-17-5-7(9)2/h5-6H,4H2,1-3H3,(H,14,15,16). The number of aromatic nitrogens is 2. The van der Waals surface area contributed by atoms with Crippen LogP contribution in [-0.4, -0.2) is 16.5 Å². The fourth-order valence-corrected chi connectivity index (χ4v) is 2.81. The van der Waals surface area contributed by atoms with Crippen molar-refractivity contribution in [1.82, 2.24) is 9.97 Å². The van der Waals surface area contributed by atoms with E-state index in [-0.39, 0.29) is 0 Å². The predicted octanol–water partition coefficient (Wildman–Crippen LogP) is 3.86. The largest absolute Gasteiger partial charge is 0.369 e. The van der Waals surface area contributed by atoms with E-state index in [0.717, 1.165) is 33.0 Å². The van der Waals surface area contributed by atoms with Gasteiger partial charge in [0.2, 0.25) is 0 Å². The van der Waals surface area contributed by atoms with Crippen LogP contribution in [0.25, 0.3) is 11.4 Å². The second-order valence-corrected chi connectivity index (χ2v) is 5.62. The van der Waals surface area contributed by atoms with Gasteiger partial charge in [-0.15, -0.1) is 0 Å². The molecule has 17 heavy (non-hydrogen) atoms. The van der Waals surface area contributed by atoms with Crippen LogP contribution in [0.5, 0.6) is 0 Å². The summed E-state index contributed by atoms with van der Waals surface area (Å²) in [6, 6.07) is 0. The SMILES string of the molecule is CCNc1nc(-c2cscc2C)nc(C)c1I. The van der Waals surface area contributed by atoms with E-state index in [1.165, 1.54) is 5.56 Å². The summed E-state index contributed by atoms with van der Waals surface area (Å²) in [7, 11) is 0. The molecule has 2 aromatic heterocycles. The van der Waals surface area contributed by atoms with Crippen LogP contribution in [0, 0.1) is 17.4 Å². The van der Waals surface area contributed by atoms with E-state index < -0.39 is 0 Å². The van der Waals surface area contributed by atoms with Gasteiger partial charge in [0, 0.05) is 17.5 Å². The van der Waals surface area contributed by atoms with Gasteiger partial charge >= 0.3 is 0 Å². The fourth-order valence-electron chi connectivity index (χ4n) is 1.55. The average Bonchev–Trinajstić information content (AvgIpc) is 2.71. The molecule has 0 radical (unpaired) electrons. The third-order valence-electron chi connectivity index (χ3n) is 2.46. The van der Waals surface area contributed by atoms with Crippen molar-refractivity contribution in [1.29, 1.82) is 0 Å². The summed E-state index contributed by atoms with van der Waals surface area (Å²) >= 11 is 3.97. The lowest BCUT2D eigenvalue weighted by molar-refractivity contribution is 1.06. The molecular formula is C12H14IN3S. The van der Waals surface area contributed by atoms with Gasteiger partial charge in [-0.2, -0.15) is 11.3 Å². The molecule has 0 saturated heterocycles. The van der Waals surface area contributed by atoms with Crippen LogP contribution in [0.4, 0.5) is 5.82 Å². The van der Waals surface area contributed by atoms with Crippen LogP contribution >= 0.6 is 33.9 Å². The van der Waals surface area contributed by atoms with Crippen molar-refractivity contribution in [2.45, 2.75) is 20.8 Å². The third kappa shape index (κ3) is 2.60. The van der Waals surface area contributed by atoms with Crippen LogP contribution < -0.4 is 5.32 Å². The zero-order valence-electron chi connectivity index (χ0n) is 10.0. The smallest absolute Gasteiger partial charge is 0.162 e. The Labute approximate surface area is 119 Å². The molecule has 0 fully saturated rings. The molecule has 3 nitrogen and oxygen atoms in total. The zero-order chi connectivity index (χ0) is 12.4. The van der Waals surface area contributed by atoms with E-state index >= 15 is 0 Å². The number of nitrogens with zero attached hydrogens (tertiary/aromatic N) is 2. The number of nitrogens with one attached hydrogen (secondary N) is 1. The van der Waals surface area contributed by atoms with Gasteiger partial charge in [0.25, 0.3) is 0 Å². The number of anilines is 1. The van der Waals surface area contributed by atoms with Crippen molar-refractivity contribution >= 4 is 39.7 Å². The highest BCUT2D eigenvalue weighted by Gasteiger charge is 2.12. The van der Waals surface area contributed by atoms with Gasteiger partial charge in [0.05, 0.1) is 9.26 Å². The van der Waals surface area contributed by atoms with Gasteiger partial charge in [-0.1, -0.05) is 0 Å². The van der Waals surface area contributed by atoms with Crippen LogP contribution in [0.15, 0.2) is 10.8 Å². The maximum absolute atomic E-state index is 4.60. The minimum absolute atomic E-state index is 0.817. The molecule has 2 rings (SSSR count). The Morgan fingerprint density at radius 1 is 1.29 bits per heavy atom. The van der Waals surface area contributed by atoms with Gasteiger partial charge in [0.1, 0.15) is 5.82 Å². The van der Waals surface area contributed by atoms with Gasteiger partial charge < -0.3 is 5.32 Å². The lowest BCUT2D eigenvalue weighted by atomic mass is 10.2. The maximum atomic E-state index is 4.60. The monoisotopic (exact) mass is 359 g/mol. The van der Waals surface area contributed by atoms with Crippen LogP contribution in [0.2, 0.25) is 0 Å². The number of hydrogen-bond donors (Lipinski definition) is 1. The summed E-state index contributed by atoms with van der Waals surface area (Å²) in [6.45, 7) is 7.06. The Kier molecular flexibility index (Phi) is 3.98. The summed E-state index contributed by atoms with van der Waals surface area (Å²) in [4.78, 5) is 9.17. The van der Waals surface area contributed by atoms with Crippen LogP contribution in [0.1, 0.15) is 18.2 Å². The second-order valence-electron chi connectivity index (χ2n) is 3.79. The van der Waals surface area contributed by atoms with E-state index in [1.54, 1.807) is 11.3 Å². The Morgan fingerprint density at radius 3 is 2.65 bits per heavy atom. The lowest BCUT2D eigenvalue weighted by Gasteiger charge is -2.09. The molecule has 0 saturated carbocycles. The molecule has 0 atom stereocenters. The first-order valence-corrected chi connectivity index (χ1v) is 7.46. The van der Waals surface area contributed by atoms with Crippen molar-refractivity contribution in [2.24, 2.45) is 0 Å². The number of hydrogen-bond acceptors (Lipinski definition) is 4. The molecule has 0 aliphatic rings. The third-order valence-corrected chi connectivity index (χ3v) is 4.61. The zero-order valence-corrected chi connectivity index (χ0v) is 13.0. The molecule has 2 aromatic rings. The molecular weight excluding hydrogens is 345 g/mol. The Bertz CT molecular complexity index is 537. The molecule has 0 aromatic carbocycles. The highest BCUT2D eigenvalue weighted by atomic mass is 127. The van der Waals surface area contributed by atoms with Crippen LogP contribution in [-0.2, 0) is 0 Å². The molecule has 0 unspecified atom stereocenters. The van der Waals surface area contributed by atoms with E-state index in [2.05, 4.69) is 62.5 Å². The molecule has 1 N–H and O–H groups in total. The second kappa shape index (κ2) is 5.30. The highest BCUT2D eigenvalue weighted by Crippen LogP contribution is 2.27. The minimum atomic E-state index is 0.817. The molecule has 2 heterocycles. The summed E-state index contributed by atoms with van der Waals surface area (Å²) in [6.07, 6.45) is 0. The number of halogens is 1. The van der Waals surface area contributed by atoms with Crippen molar-refractivity contribution < 1.29 is 0 Å². The molecule has 0 aliphatic carbocycles. The van der Waals surface area contributed by atoms with Crippen molar-refractivity contribution in [3.8, 4) is 11.4 Å². The first kappa shape index (κ1) is 12.8. The first-order valence-electron chi connectivity index (χ1n) is 5.44. The average molecular weight is 359 g/mol. The fraction of sp³-hybridized carbons (Fsp3) is 0.333. The van der Waals surface area contributed by atoms with E-state index in [9.17, 15) is 0 Å². The normalized spacial score (nSPS) is 10.6. The predicted molar refractivity (Wildman–Crippen MR) is 81.7 cm³/mol. The first-order chi connectivity index (χ1) is 8.13. The van der Waals surface area contributed by atoms with Gasteiger partial charge in [-0.3, -0.25) is 0 Å². The van der Waals surface area contributed by atoms with Crippen molar-refractivity contribution in [2.75, 3.05) is 11.9 Å². The van der Waals surface area contributed by atoms with Crippen molar-refractivity contribution in [3.63, 3.8) is 0 Å². The summed E-state index contributed by atoms with van der Waals surface area (Å²) < 4.78 is 1.10. The van der Waals surface area contributed by atoms with E-state index in [4.69, 9.17) is 0 Å². The van der Waals surface area contributed by atoms with Gasteiger partial charge in [-0.05, 0) is 54.3 Å². The molecule has 0 amide bonds. The number of rotatable bonds is 3. The topological polar surface area (TPSA) is 37.8 Å². The highest BCUT2D eigenvalue weighted by molar-refractivity contribution is 14.1. The Balaban J connectivity index is 2.53. The summed E-state index contributed by atoms with van der Waals surface area (Å²) in [5, 5.41) is 7.51. The van der Waals surface area contributed by atoms with E-state index in [0.29, 0.717) is 0 Å². The number of thiophene rings is 1. The molecule has 90 valence electrons. The van der Waals surface area contributed by atoms with E-state index in [1.807, 2.05) is 6.92 Å². The number of aryl methyl sites for hydroxylation is 2. The van der Waals surface area contributed by atoms with Gasteiger partial charge in [-0.25, -0.2) is 9.97 Å². The van der Waals surface area contributed by atoms with Gasteiger partial charge in [0.15, 0.2) is 5.82 Å². The minimum Gasteiger partial charge on any atom is -0.369 e. The Morgan fingerprint density at radius 2 is 2.06 bits per heavy atom. The lowest BCUT2D eigenvalue weighted by Crippen LogP contribution is -2.06. The quantitative estimate of drug-likeness (QED) is 0.846. The van der Waals surface area contributed by atoms with Crippen LogP contribution in [0.3, 0.4) is 0 Å². The molecule has 0 aliphatic heterocycles. The molecule has 0 spiro atoms. The molecule has 5 heteroatoms. The maximum Gasteiger partial charge on any atom is 0.162 e. The summed E-state index contributed by atoms with van der Waals surface area (Å²) in [5.41, 5.74) is 3.39. The molecule has 0 bridgehead atoms.